The van der Waals surface area contributed by atoms with E-state index in [4.69, 9.17) is 0 Å². The normalized spacial score (nSPS) is 19.8. The standard InChI is InChI=1S/C21H28N8O/c1-3-4-11-28-18(24-25-26-28)13-27-17-12-23-20-15(9-10-22-20)19(17)29(21(27)30)16-8-6-5-7-14(16)2/h9-10,12,14,16H,3-8,11,13H2,1-2H3,(H,22,23)/t14-,16+/m1/s1. The summed E-state index contributed by atoms with van der Waals surface area (Å²) in [5.41, 5.74) is 2.63. The summed E-state index contributed by atoms with van der Waals surface area (Å²) in [5.74, 6) is 1.17. The second-order valence-electron chi connectivity index (χ2n) is 8.47. The number of rotatable bonds is 6. The van der Waals surface area contributed by atoms with Gasteiger partial charge < -0.3 is 4.98 Å². The molecule has 4 aromatic rings. The molecule has 4 heterocycles. The topological polar surface area (TPSA) is 99.2 Å². The van der Waals surface area contributed by atoms with Crippen molar-refractivity contribution < 1.29 is 0 Å². The Balaban J connectivity index is 1.69. The van der Waals surface area contributed by atoms with Crippen molar-refractivity contribution in [3.8, 4) is 0 Å². The lowest BCUT2D eigenvalue weighted by Crippen LogP contribution is -2.32. The number of imidazole rings is 1. The van der Waals surface area contributed by atoms with Crippen LogP contribution in [0.15, 0.2) is 23.3 Å². The van der Waals surface area contributed by atoms with Crippen LogP contribution in [0.25, 0.3) is 22.1 Å². The summed E-state index contributed by atoms with van der Waals surface area (Å²) < 4.78 is 5.63. The zero-order valence-corrected chi connectivity index (χ0v) is 17.6. The second-order valence-corrected chi connectivity index (χ2v) is 8.47. The van der Waals surface area contributed by atoms with Gasteiger partial charge in [-0.2, -0.15) is 0 Å². The Morgan fingerprint density at radius 1 is 1.27 bits per heavy atom. The van der Waals surface area contributed by atoms with E-state index in [0.717, 1.165) is 60.7 Å². The Hall–Kier alpha value is -2.97. The van der Waals surface area contributed by atoms with Gasteiger partial charge in [0.15, 0.2) is 5.82 Å². The van der Waals surface area contributed by atoms with E-state index < -0.39 is 0 Å². The third kappa shape index (κ3) is 3.03. The van der Waals surface area contributed by atoms with E-state index in [2.05, 4.69) is 39.3 Å². The van der Waals surface area contributed by atoms with Gasteiger partial charge in [0.25, 0.3) is 0 Å². The van der Waals surface area contributed by atoms with Crippen LogP contribution in [0, 0.1) is 5.92 Å². The van der Waals surface area contributed by atoms with Gasteiger partial charge in [0.1, 0.15) is 5.65 Å². The van der Waals surface area contributed by atoms with E-state index in [1.54, 1.807) is 10.8 Å². The molecule has 30 heavy (non-hydrogen) atoms. The molecule has 0 bridgehead atoms. The molecule has 4 aromatic heterocycles. The van der Waals surface area contributed by atoms with Gasteiger partial charge >= 0.3 is 5.69 Å². The van der Waals surface area contributed by atoms with Crippen LogP contribution in [0.1, 0.15) is 64.2 Å². The first-order valence-corrected chi connectivity index (χ1v) is 11.0. The van der Waals surface area contributed by atoms with Crippen molar-refractivity contribution in [2.75, 3.05) is 0 Å². The number of tetrazole rings is 1. The number of hydrogen-bond acceptors (Lipinski definition) is 5. The minimum Gasteiger partial charge on any atom is -0.346 e. The molecule has 0 aliphatic heterocycles. The van der Waals surface area contributed by atoms with E-state index in [9.17, 15) is 4.79 Å². The third-order valence-corrected chi connectivity index (χ3v) is 6.53. The van der Waals surface area contributed by atoms with Crippen molar-refractivity contribution in [3.05, 3.63) is 34.8 Å². The molecule has 0 amide bonds. The number of unbranched alkanes of at least 4 members (excludes halogenated alkanes) is 1. The molecule has 5 rings (SSSR count). The number of H-pyrrole nitrogens is 1. The van der Waals surface area contributed by atoms with Crippen LogP contribution in [-0.2, 0) is 13.1 Å². The van der Waals surface area contributed by atoms with Crippen LogP contribution in [0.2, 0.25) is 0 Å². The molecule has 1 aliphatic rings. The summed E-state index contributed by atoms with van der Waals surface area (Å²) in [6, 6.07) is 2.22. The SMILES string of the molecule is CCCCn1nnnc1Cn1c(=O)n([C@H]2CCCC[C@H]2C)c2c3cc[nH]c3ncc21. The second kappa shape index (κ2) is 7.70. The largest absolute Gasteiger partial charge is 0.346 e. The minimum atomic E-state index is 0.00397. The number of nitrogens with one attached hydrogen (secondary N) is 1. The van der Waals surface area contributed by atoms with Gasteiger partial charge in [-0.05, 0) is 41.7 Å². The van der Waals surface area contributed by atoms with Gasteiger partial charge in [-0.1, -0.05) is 33.1 Å². The van der Waals surface area contributed by atoms with Gasteiger partial charge in [-0.25, -0.2) is 14.5 Å². The van der Waals surface area contributed by atoms with Crippen LogP contribution >= 0.6 is 0 Å². The molecule has 0 unspecified atom stereocenters. The average molecular weight is 409 g/mol. The highest BCUT2D eigenvalue weighted by atomic mass is 16.1. The Labute approximate surface area is 174 Å². The number of aryl methyl sites for hydroxylation is 1. The van der Waals surface area contributed by atoms with Crippen molar-refractivity contribution >= 4 is 22.1 Å². The van der Waals surface area contributed by atoms with Gasteiger partial charge in [0.2, 0.25) is 0 Å². The molecular weight excluding hydrogens is 380 g/mol. The Morgan fingerprint density at radius 3 is 2.97 bits per heavy atom. The van der Waals surface area contributed by atoms with Crippen molar-refractivity contribution in [2.24, 2.45) is 5.92 Å². The quantitative estimate of drug-likeness (QED) is 0.528. The number of aromatic nitrogens is 8. The van der Waals surface area contributed by atoms with Gasteiger partial charge in [-0.3, -0.25) is 9.13 Å². The molecule has 0 radical (unpaired) electrons. The molecule has 9 heteroatoms. The zero-order chi connectivity index (χ0) is 20.7. The highest BCUT2D eigenvalue weighted by Crippen LogP contribution is 2.36. The first-order valence-electron chi connectivity index (χ1n) is 11.0. The molecule has 0 saturated heterocycles. The molecule has 9 nitrogen and oxygen atoms in total. The number of hydrogen-bond donors (Lipinski definition) is 1. The van der Waals surface area contributed by atoms with E-state index in [-0.39, 0.29) is 11.7 Å². The lowest BCUT2D eigenvalue weighted by molar-refractivity contribution is 0.256. The molecule has 1 fully saturated rings. The van der Waals surface area contributed by atoms with Gasteiger partial charge in [0, 0.05) is 24.2 Å². The van der Waals surface area contributed by atoms with Crippen molar-refractivity contribution in [1.82, 2.24) is 39.3 Å². The monoisotopic (exact) mass is 408 g/mol. The maximum atomic E-state index is 13.8. The van der Waals surface area contributed by atoms with Crippen molar-refractivity contribution in [2.45, 2.75) is 71.5 Å². The molecule has 0 aromatic carbocycles. The summed E-state index contributed by atoms with van der Waals surface area (Å²) in [7, 11) is 0. The molecule has 2 atom stereocenters. The lowest BCUT2D eigenvalue weighted by atomic mass is 9.85. The van der Waals surface area contributed by atoms with Crippen molar-refractivity contribution in [1.29, 1.82) is 0 Å². The van der Waals surface area contributed by atoms with Crippen LogP contribution < -0.4 is 5.69 Å². The summed E-state index contributed by atoms with van der Waals surface area (Å²) in [4.78, 5) is 21.5. The number of aromatic amines is 1. The Morgan fingerprint density at radius 2 is 2.13 bits per heavy atom. The predicted octanol–water partition coefficient (Wildman–Crippen LogP) is 3.27. The fourth-order valence-corrected chi connectivity index (χ4v) is 4.86. The van der Waals surface area contributed by atoms with Crippen LogP contribution in [0.3, 0.4) is 0 Å². The van der Waals surface area contributed by atoms with E-state index >= 15 is 0 Å². The van der Waals surface area contributed by atoms with Crippen molar-refractivity contribution in [3.63, 3.8) is 0 Å². The number of fused-ring (bicyclic) bond motifs is 3. The van der Waals surface area contributed by atoms with Gasteiger partial charge in [-0.15, -0.1) is 5.10 Å². The molecular formula is C21H28N8O. The molecule has 1 saturated carbocycles. The van der Waals surface area contributed by atoms with E-state index in [1.165, 1.54) is 6.42 Å². The summed E-state index contributed by atoms with van der Waals surface area (Å²) in [6.07, 6.45) is 10.3. The molecule has 158 valence electrons. The highest BCUT2D eigenvalue weighted by molar-refractivity contribution is 6.01. The fraction of sp³-hybridized carbons (Fsp3) is 0.571. The third-order valence-electron chi connectivity index (χ3n) is 6.53. The first-order chi connectivity index (χ1) is 14.7. The molecule has 1 aliphatic carbocycles. The zero-order valence-electron chi connectivity index (χ0n) is 17.6. The average Bonchev–Trinajstić information content (AvgIpc) is 3.46. The minimum absolute atomic E-state index is 0.00397. The van der Waals surface area contributed by atoms with Crippen LogP contribution in [0.4, 0.5) is 0 Å². The number of pyridine rings is 1. The maximum absolute atomic E-state index is 13.8. The van der Waals surface area contributed by atoms with E-state index in [1.807, 2.05) is 21.5 Å². The summed E-state index contributed by atoms with van der Waals surface area (Å²) >= 11 is 0. The van der Waals surface area contributed by atoms with E-state index in [0.29, 0.717) is 18.3 Å². The van der Waals surface area contributed by atoms with Crippen LogP contribution in [-0.4, -0.2) is 39.3 Å². The van der Waals surface area contributed by atoms with Gasteiger partial charge in [0.05, 0.1) is 23.8 Å². The summed E-state index contributed by atoms with van der Waals surface area (Å²) in [6.45, 7) is 5.51. The molecule has 0 spiro atoms. The first kappa shape index (κ1) is 19.0. The molecule has 1 N–H and O–H groups in total. The smallest absolute Gasteiger partial charge is 0.329 e. The predicted molar refractivity (Wildman–Crippen MR) is 114 cm³/mol. The summed E-state index contributed by atoms with van der Waals surface area (Å²) in [5, 5.41) is 13.2. The number of nitrogens with zero attached hydrogens (tertiary/aromatic N) is 7. The lowest BCUT2D eigenvalue weighted by Gasteiger charge is -2.29. The fourth-order valence-electron chi connectivity index (χ4n) is 4.86. The Kier molecular flexibility index (Phi) is 4.88. The van der Waals surface area contributed by atoms with Crippen LogP contribution in [0.5, 0.6) is 0 Å². The Bertz CT molecular complexity index is 1230. The highest BCUT2D eigenvalue weighted by Gasteiger charge is 2.29. The maximum Gasteiger partial charge on any atom is 0.329 e.